The molecule has 0 saturated carbocycles. The van der Waals surface area contributed by atoms with Gasteiger partial charge in [0.2, 0.25) is 6.41 Å². The second kappa shape index (κ2) is 6.38. The van der Waals surface area contributed by atoms with Gasteiger partial charge >= 0.3 is 18.0 Å². The number of nitrogens with zero attached hydrogens (tertiary/aromatic N) is 1. The first-order chi connectivity index (χ1) is 7.47. The van der Waals surface area contributed by atoms with Crippen LogP contribution >= 0.6 is 0 Å². The van der Waals surface area contributed by atoms with Gasteiger partial charge in [-0.3, -0.25) is 9.59 Å². The molecule has 16 heavy (non-hydrogen) atoms. The molecule has 8 nitrogen and oxygen atoms in total. The minimum absolute atomic E-state index is 0.0103. The highest BCUT2D eigenvalue weighted by Crippen LogP contribution is 2.06. The van der Waals surface area contributed by atoms with Crippen LogP contribution in [-0.2, 0) is 23.9 Å². The van der Waals surface area contributed by atoms with Crippen LogP contribution in [0.5, 0.6) is 0 Å². The summed E-state index contributed by atoms with van der Waals surface area (Å²) in [6.07, 6.45) is -1.87. The van der Waals surface area contributed by atoms with Crippen LogP contribution < -0.4 is 0 Å². The van der Waals surface area contributed by atoms with Gasteiger partial charge in [0.1, 0.15) is 0 Å². The van der Waals surface area contributed by atoms with Gasteiger partial charge in [-0.2, -0.15) is 0 Å². The second-order valence-electron chi connectivity index (χ2n) is 2.62. The lowest BCUT2D eigenvalue weighted by Gasteiger charge is -2.21. The van der Waals surface area contributed by atoms with Crippen molar-refractivity contribution in [2.45, 2.75) is 12.5 Å². The molecule has 0 fully saturated rings. The highest BCUT2D eigenvalue weighted by molar-refractivity contribution is 5.91. The highest BCUT2D eigenvalue weighted by atomic mass is 16.5. The van der Waals surface area contributed by atoms with Crippen LogP contribution in [0.3, 0.4) is 0 Å². The third-order valence-electron chi connectivity index (χ3n) is 1.68. The van der Waals surface area contributed by atoms with Gasteiger partial charge in [0.05, 0.1) is 20.6 Å². The minimum Gasteiger partial charge on any atom is -0.481 e. The third kappa shape index (κ3) is 3.56. The van der Waals surface area contributed by atoms with Gasteiger partial charge in [0, 0.05) is 0 Å². The molecule has 0 heterocycles. The Morgan fingerprint density at radius 2 is 1.88 bits per heavy atom. The van der Waals surface area contributed by atoms with Gasteiger partial charge < -0.3 is 14.6 Å². The lowest BCUT2D eigenvalue weighted by atomic mass is 10.2. The van der Waals surface area contributed by atoms with E-state index in [0.29, 0.717) is 4.90 Å². The predicted molar refractivity (Wildman–Crippen MR) is 48.4 cm³/mol. The number of imide groups is 1. The molecule has 0 aliphatic heterocycles. The number of methoxy groups -OCH3 is 2. The summed E-state index contributed by atoms with van der Waals surface area (Å²) in [5, 5.41) is 8.52. The Kier molecular flexibility index (Phi) is 5.53. The number of amides is 2. The van der Waals surface area contributed by atoms with Crippen molar-refractivity contribution in [1.29, 1.82) is 0 Å². The largest absolute Gasteiger partial charge is 0.481 e. The maximum absolute atomic E-state index is 11.2. The van der Waals surface area contributed by atoms with E-state index < -0.39 is 30.5 Å². The van der Waals surface area contributed by atoms with E-state index in [1.165, 1.54) is 0 Å². The number of aliphatic carboxylic acids is 1. The quantitative estimate of drug-likeness (QED) is 0.490. The van der Waals surface area contributed by atoms with Crippen molar-refractivity contribution in [2.75, 3.05) is 14.2 Å². The number of rotatable bonds is 5. The maximum Gasteiger partial charge on any atom is 0.416 e. The molecule has 0 aromatic heterocycles. The number of hydrogen-bond acceptors (Lipinski definition) is 6. The van der Waals surface area contributed by atoms with Crippen molar-refractivity contribution in [3.05, 3.63) is 0 Å². The van der Waals surface area contributed by atoms with E-state index >= 15 is 0 Å². The molecule has 1 atom stereocenters. The number of esters is 1. The van der Waals surface area contributed by atoms with Crippen molar-refractivity contribution < 1.29 is 33.8 Å². The Bertz CT molecular complexity index is 301. The zero-order chi connectivity index (χ0) is 12.7. The summed E-state index contributed by atoms with van der Waals surface area (Å²) < 4.78 is 8.50. The highest BCUT2D eigenvalue weighted by Gasteiger charge is 2.33. The lowest BCUT2D eigenvalue weighted by molar-refractivity contribution is -0.153. The fourth-order valence-corrected chi connectivity index (χ4v) is 0.946. The monoisotopic (exact) mass is 233 g/mol. The zero-order valence-electron chi connectivity index (χ0n) is 8.71. The number of carboxylic acid groups (broad SMARTS) is 1. The van der Waals surface area contributed by atoms with Crippen LogP contribution in [-0.4, -0.2) is 54.7 Å². The van der Waals surface area contributed by atoms with Crippen molar-refractivity contribution in [2.24, 2.45) is 0 Å². The third-order valence-corrected chi connectivity index (χ3v) is 1.68. The molecular weight excluding hydrogens is 222 g/mol. The standard InChI is InChI=1S/C8H11NO7/c1-15-7(13)5(3-6(11)12)9(4-10)8(14)16-2/h4-5H,3H2,1-2H3,(H,11,12)/t5-/m0/s1. The Morgan fingerprint density at radius 3 is 2.19 bits per heavy atom. The van der Waals surface area contributed by atoms with Gasteiger partial charge in [0.25, 0.3) is 0 Å². The van der Waals surface area contributed by atoms with Crippen molar-refractivity contribution in [1.82, 2.24) is 4.90 Å². The first-order valence-corrected chi connectivity index (χ1v) is 4.09. The summed E-state index contributed by atoms with van der Waals surface area (Å²) in [7, 11) is 2.01. The normalized spacial score (nSPS) is 11.1. The van der Waals surface area contributed by atoms with E-state index in [9.17, 15) is 19.2 Å². The number of carbonyl (C=O) groups excluding carboxylic acids is 3. The average molecular weight is 233 g/mol. The molecule has 8 heteroatoms. The van der Waals surface area contributed by atoms with Crippen LogP contribution in [0.4, 0.5) is 4.79 Å². The molecule has 1 N–H and O–H groups in total. The molecule has 0 radical (unpaired) electrons. The smallest absolute Gasteiger partial charge is 0.416 e. The van der Waals surface area contributed by atoms with E-state index in [0.717, 1.165) is 14.2 Å². The van der Waals surface area contributed by atoms with E-state index in [1.807, 2.05) is 0 Å². The average Bonchev–Trinajstić information content (AvgIpc) is 2.26. The molecule has 0 aliphatic carbocycles. The topological polar surface area (TPSA) is 110 Å². The predicted octanol–water partition coefficient (Wildman–Crippen LogP) is -0.772. The van der Waals surface area contributed by atoms with Gasteiger partial charge in [-0.05, 0) is 0 Å². The van der Waals surface area contributed by atoms with Crippen molar-refractivity contribution in [3.63, 3.8) is 0 Å². The van der Waals surface area contributed by atoms with Gasteiger partial charge in [-0.1, -0.05) is 0 Å². The maximum atomic E-state index is 11.2. The number of hydrogen-bond donors (Lipinski definition) is 1. The zero-order valence-corrected chi connectivity index (χ0v) is 8.71. The summed E-state index contributed by atoms with van der Waals surface area (Å²) in [6, 6.07) is -1.53. The van der Waals surface area contributed by atoms with E-state index in [1.54, 1.807) is 0 Å². The Morgan fingerprint density at radius 1 is 1.31 bits per heavy atom. The van der Waals surface area contributed by atoms with Gasteiger partial charge in [-0.25, -0.2) is 14.5 Å². The summed E-state index contributed by atoms with van der Waals surface area (Å²) in [5.41, 5.74) is 0. The Labute approximate surface area is 90.7 Å². The minimum atomic E-state index is -1.53. The molecule has 0 aliphatic rings. The first-order valence-electron chi connectivity index (χ1n) is 4.09. The summed E-state index contributed by atoms with van der Waals surface area (Å²) >= 11 is 0. The number of carbonyl (C=O) groups is 4. The second-order valence-corrected chi connectivity index (χ2v) is 2.62. The first kappa shape index (κ1) is 13.9. The van der Waals surface area contributed by atoms with Crippen molar-refractivity contribution in [3.8, 4) is 0 Å². The summed E-state index contributed by atoms with van der Waals surface area (Å²) in [6.45, 7) is 0. The van der Waals surface area contributed by atoms with Crippen LogP contribution in [0, 0.1) is 0 Å². The molecule has 0 unspecified atom stereocenters. The van der Waals surface area contributed by atoms with Crippen LogP contribution in [0.15, 0.2) is 0 Å². The Balaban J connectivity index is 4.96. The Hall–Kier alpha value is -2.12. The lowest BCUT2D eigenvalue weighted by Crippen LogP contribution is -2.46. The van der Waals surface area contributed by atoms with Crippen LogP contribution in [0.25, 0.3) is 0 Å². The summed E-state index contributed by atoms with van der Waals surface area (Å²) in [5.74, 6) is -2.37. The fourth-order valence-electron chi connectivity index (χ4n) is 0.946. The number of carboxylic acids is 1. The summed E-state index contributed by atoms with van der Waals surface area (Å²) in [4.78, 5) is 43.6. The molecule has 90 valence electrons. The molecule has 0 rings (SSSR count). The molecule has 0 saturated heterocycles. The van der Waals surface area contributed by atoms with Crippen LogP contribution in [0.1, 0.15) is 6.42 Å². The van der Waals surface area contributed by atoms with Crippen molar-refractivity contribution >= 4 is 24.4 Å². The van der Waals surface area contributed by atoms with E-state index in [-0.39, 0.29) is 6.41 Å². The SMILES string of the molecule is COC(=O)[C@H](CC(=O)O)N(C=O)C(=O)OC. The molecular formula is C8H11NO7. The fraction of sp³-hybridized carbons (Fsp3) is 0.500. The molecule has 0 spiro atoms. The molecule has 0 aromatic rings. The van der Waals surface area contributed by atoms with Gasteiger partial charge in [0.15, 0.2) is 6.04 Å². The molecule has 0 aromatic carbocycles. The van der Waals surface area contributed by atoms with Crippen LogP contribution in [0.2, 0.25) is 0 Å². The van der Waals surface area contributed by atoms with E-state index in [4.69, 9.17) is 5.11 Å². The molecule has 0 bridgehead atoms. The van der Waals surface area contributed by atoms with E-state index in [2.05, 4.69) is 9.47 Å². The van der Waals surface area contributed by atoms with Gasteiger partial charge in [-0.15, -0.1) is 0 Å². The number of ether oxygens (including phenoxy) is 2. The molecule has 2 amide bonds.